The van der Waals surface area contributed by atoms with Gasteiger partial charge in [-0.3, -0.25) is 28.9 Å². The average Bonchev–Trinajstić information content (AvgIpc) is 3.54. The van der Waals surface area contributed by atoms with E-state index in [0.29, 0.717) is 5.69 Å². The number of esters is 4. The van der Waals surface area contributed by atoms with Crippen LogP contribution in [0.4, 0.5) is 5.69 Å². The fraction of sp³-hybridized carbons (Fsp3) is 0.379. The zero-order valence-electron chi connectivity index (χ0n) is 24.0. The van der Waals surface area contributed by atoms with Crippen LogP contribution >= 0.6 is 23.1 Å². The molecule has 43 heavy (non-hydrogen) atoms. The molecule has 0 bridgehead atoms. The summed E-state index contributed by atoms with van der Waals surface area (Å²) in [6, 6.07) is 10.9. The maximum atomic E-state index is 13.7. The third kappa shape index (κ3) is 8.09. The lowest BCUT2D eigenvalue weighted by Gasteiger charge is -2.44. The Kier molecular flexibility index (Phi) is 10.4. The van der Waals surface area contributed by atoms with Crippen molar-refractivity contribution in [3.8, 4) is 0 Å². The van der Waals surface area contributed by atoms with Crippen molar-refractivity contribution in [2.24, 2.45) is 4.99 Å². The molecule has 1 aromatic heterocycles. The van der Waals surface area contributed by atoms with Gasteiger partial charge in [0.25, 0.3) is 5.91 Å². The first-order valence-corrected chi connectivity index (χ1v) is 14.9. The predicted molar refractivity (Wildman–Crippen MR) is 158 cm³/mol. The lowest BCUT2D eigenvalue weighted by atomic mass is 9.99. The standard InChI is InChI=1S/C29H30N2O10S2/c1-15-8-10-20(11-9-15)31-27(36)22(13-21-7-6-12-42-21)30-29(31)43-28-26(40-19(5)35)25(39-18(4)34)24(38-17(3)33)23(41-28)14-37-16(2)32/h6-13,23-26,28H,14H2,1-5H3/b22-13-/t23?,24?,25?,26?,28-/m0/s1. The monoisotopic (exact) mass is 630 g/mol. The van der Waals surface area contributed by atoms with Crippen LogP contribution in [0.1, 0.15) is 38.1 Å². The first kappa shape index (κ1) is 31.9. The van der Waals surface area contributed by atoms with Crippen molar-refractivity contribution in [3.05, 3.63) is 57.9 Å². The molecule has 1 fully saturated rings. The Morgan fingerprint density at radius 2 is 1.56 bits per heavy atom. The molecule has 0 N–H and O–H groups in total. The van der Waals surface area contributed by atoms with Gasteiger partial charge in [-0.25, -0.2) is 4.99 Å². The van der Waals surface area contributed by atoms with E-state index in [1.165, 1.54) is 23.2 Å². The fourth-order valence-corrected chi connectivity index (χ4v) is 6.24. The van der Waals surface area contributed by atoms with E-state index in [1.807, 2.05) is 36.6 Å². The zero-order chi connectivity index (χ0) is 31.3. The normalized spacial score (nSPS) is 24.3. The Morgan fingerprint density at radius 3 is 2.14 bits per heavy atom. The highest BCUT2D eigenvalue weighted by Gasteiger charge is 2.53. The SMILES string of the molecule is CC(=O)OCC1O[C@@H](SC2=N/C(=C\c3cccs3)C(=O)N2c2ccc(C)cc2)C(OC(C)=O)C(OC(C)=O)C1OC(C)=O. The molecule has 5 atom stereocenters. The zero-order valence-corrected chi connectivity index (χ0v) is 25.6. The van der Waals surface area contributed by atoms with Crippen LogP contribution in [-0.4, -0.2) is 71.4 Å². The van der Waals surface area contributed by atoms with E-state index in [9.17, 15) is 24.0 Å². The topological polar surface area (TPSA) is 147 Å². The summed E-state index contributed by atoms with van der Waals surface area (Å²) in [6.07, 6.45) is -3.42. The highest BCUT2D eigenvalue weighted by molar-refractivity contribution is 8.14. The van der Waals surface area contributed by atoms with Crippen LogP contribution in [0.2, 0.25) is 0 Å². The molecule has 2 aliphatic rings. The summed E-state index contributed by atoms with van der Waals surface area (Å²) in [5.74, 6) is -3.22. The van der Waals surface area contributed by atoms with Crippen LogP contribution in [0.15, 0.2) is 52.5 Å². The van der Waals surface area contributed by atoms with Gasteiger partial charge in [-0.15, -0.1) is 11.3 Å². The third-order valence-corrected chi connectivity index (χ3v) is 8.03. The van der Waals surface area contributed by atoms with Crippen molar-refractivity contribution >= 4 is 69.8 Å². The second-order valence-corrected chi connectivity index (χ2v) is 11.6. The van der Waals surface area contributed by atoms with Gasteiger partial charge in [0.2, 0.25) is 0 Å². The highest BCUT2D eigenvalue weighted by Crippen LogP contribution is 2.39. The minimum absolute atomic E-state index is 0.163. The molecule has 3 heterocycles. The molecule has 2 aliphatic heterocycles. The summed E-state index contributed by atoms with van der Waals surface area (Å²) in [7, 11) is 0. The van der Waals surface area contributed by atoms with Crippen LogP contribution in [0.5, 0.6) is 0 Å². The van der Waals surface area contributed by atoms with Crippen molar-refractivity contribution in [3.63, 3.8) is 0 Å². The van der Waals surface area contributed by atoms with Gasteiger partial charge in [0.15, 0.2) is 28.9 Å². The molecular formula is C29H30N2O10S2. The number of amides is 1. The molecule has 0 saturated carbocycles. The number of aryl methyl sites for hydroxylation is 1. The van der Waals surface area contributed by atoms with Crippen LogP contribution in [0, 0.1) is 6.92 Å². The number of aliphatic imine (C=N–C) groups is 1. The number of anilines is 1. The summed E-state index contributed by atoms with van der Waals surface area (Å²) in [6.45, 7) is 6.20. The van der Waals surface area contributed by atoms with Crippen LogP contribution in [0.25, 0.3) is 6.08 Å². The molecule has 14 heteroatoms. The average molecular weight is 631 g/mol. The van der Waals surface area contributed by atoms with Crippen molar-refractivity contribution < 1.29 is 47.7 Å². The van der Waals surface area contributed by atoms with E-state index in [4.69, 9.17) is 23.7 Å². The van der Waals surface area contributed by atoms with Gasteiger partial charge >= 0.3 is 23.9 Å². The molecular weight excluding hydrogens is 600 g/mol. The molecule has 2 aromatic rings. The Bertz CT molecular complexity index is 1440. The molecule has 0 aliphatic carbocycles. The molecule has 1 amide bonds. The summed E-state index contributed by atoms with van der Waals surface area (Å²) in [5.41, 5.74) is 0.523. The van der Waals surface area contributed by atoms with Gasteiger partial charge in [0.05, 0.1) is 5.69 Å². The number of carbonyl (C=O) groups excluding carboxylic acids is 5. The van der Waals surface area contributed by atoms with Gasteiger partial charge in [-0.1, -0.05) is 35.5 Å². The number of hydrogen-bond donors (Lipinski definition) is 0. The second-order valence-electron chi connectivity index (χ2n) is 9.60. The van der Waals surface area contributed by atoms with E-state index in [2.05, 4.69) is 4.99 Å². The number of rotatable bonds is 8. The van der Waals surface area contributed by atoms with Gasteiger partial charge in [0, 0.05) is 32.6 Å². The van der Waals surface area contributed by atoms with Crippen LogP contribution in [-0.2, 0) is 47.7 Å². The molecule has 12 nitrogen and oxygen atoms in total. The van der Waals surface area contributed by atoms with Crippen LogP contribution < -0.4 is 4.90 Å². The fourth-order valence-electron chi connectivity index (χ4n) is 4.39. The van der Waals surface area contributed by atoms with Crippen molar-refractivity contribution in [2.45, 2.75) is 64.5 Å². The number of thiophene rings is 1. The molecule has 1 aromatic carbocycles. The van der Waals surface area contributed by atoms with Crippen molar-refractivity contribution in [1.29, 1.82) is 0 Å². The first-order chi connectivity index (χ1) is 20.4. The lowest BCUT2D eigenvalue weighted by molar-refractivity contribution is -0.237. The number of benzene rings is 1. The maximum Gasteiger partial charge on any atom is 0.303 e. The molecule has 4 unspecified atom stereocenters. The van der Waals surface area contributed by atoms with Gasteiger partial charge in [-0.05, 0) is 36.6 Å². The van der Waals surface area contributed by atoms with Gasteiger partial charge in [0.1, 0.15) is 18.4 Å². The van der Waals surface area contributed by atoms with Gasteiger partial charge < -0.3 is 23.7 Å². The molecule has 0 spiro atoms. The van der Waals surface area contributed by atoms with E-state index >= 15 is 0 Å². The quantitative estimate of drug-likeness (QED) is 0.239. The van der Waals surface area contributed by atoms with Crippen LogP contribution in [0.3, 0.4) is 0 Å². The first-order valence-electron chi connectivity index (χ1n) is 13.1. The maximum absolute atomic E-state index is 13.7. The van der Waals surface area contributed by atoms with E-state index < -0.39 is 59.6 Å². The van der Waals surface area contributed by atoms with E-state index in [1.54, 1.807) is 18.2 Å². The highest BCUT2D eigenvalue weighted by atomic mass is 32.2. The van der Waals surface area contributed by atoms with Crippen molar-refractivity contribution in [2.75, 3.05) is 11.5 Å². The van der Waals surface area contributed by atoms with Crippen molar-refractivity contribution in [1.82, 2.24) is 0 Å². The minimum atomic E-state index is -1.34. The third-order valence-electron chi connectivity index (χ3n) is 6.11. The van der Waals surface area contributed by atoms with E-state index in [-0.39, 0.29) is 17.5 Å². The summed E-state index contributed by atoms with van der Waals surface area (Å²) < 4.78 is 27.9. The summed E-state index contributed by atoms with van der Waals surface area (Å²) >= 11 is 2.38. The number of amidine groups is 1. The Morgan fingerprint density at radius 1 is 0.930 bits per heavy atom. The largest absolute Gasteiger partial charge is 0.463 e. The minimum Gasteiger partial charge on any atom is -0.463 e. The Balaban J connectivity index is 1.78. The number of nitrogens with zero attached hydrogens (tertiary/aromatic N) is 2. The number of ether oxygens (including phenoxy) is 5. The smallest absolute Gasteiger partial charge is 0.303 e. The summed E-state index contributed by atoms with van der Waals surface area (Å²) in [4.78, 5) is 68.6. The predicted octanol–water partition coefficient (Wildman–Crippen LogP) is 3.62. The lowest BCUT2D eigenvalue weighted by Crippen LogP contribution is -2.61. The molecule has 0 radical (unpaired) electrons. The Labute approximate surface area is 256 Å². The number of thioether (sulfide) groups is 1. The Hall–Kier alpha value is -4.01. The molecule has 228 valence electrons. The molecule has 1 saturated heterocycles. The summed E-state index contributed by atoms with van der Waals surface area (Å²) in [5, 5.41) is 2.07. The van der Waals surface area contributed by atoms with Gasteiger partial charge in [-0.2, -0.15) is 0 Å². The molecule has 4 rings (SSSR count). The van der Waals surface area contributed by atoms with E-state index in [0.717, 1.165) is 43.0 Å². The number of carbonyl (C=O) groups is 5. The number of hydrogen-bond acceptors (Lipinski definition) is 13. The second kappa shape index (κ2) is 14.0.